The van der Waals surface area contributed by atoms with Crippen molar-refractivity contribution < 1.29 is 14.3 Å². The highest BCUT2D eigenvalue weighted by Gasteiger charge is 1.85. The van der Waals surface area contributed by atoms with E-state index in [2.05, 4.69) is 4.74 Å². The zero-order valence-corrected chi connectivity index (χ0v) is 6.07. The Morgan fingerprint density at radius 1 is 1.56 bits per heavy atom. The highest BCUT2D eigenvalue weighted by molar-refractivity contribution is 7.98. The van der Waals surface area contributed by atoms with E-state index in [1.807, 2.05) is 6.26 Å². The normalized spacial score (nSPS) is 9.00. The molecular formula is C5H9O3S. The summed E-state index contributed by atoms with van der Waals surface area (Å²) in [5.41, 5.74) is 0. The van der Waals surface area contributed by atoms with Gasteiger partial charge in [-0.05, 0) is 6.26 Å². The van der Waals surface area contributed by atoms with Gasteiger partial charge in [0.1, 0.15) is 6.61 Å². The summed E-state index contributed by atoms with van der Waals surface area (Å²) < 4.78 is 9.18. The molecule has 9 heavy (non-hydrogen) atoms. The summed E-state index contributed by atoms with van der Waals surface area (Å²) in [4.78, 5) is 9.43. The molecule has 0 aliphatic rings. The molecule has 0 bridgehead atoms. The van der Waals surface area contributed by atoms with E-state index in [-0.39, 0.29) is 0 Å². The Morgan fingerprint density at radius 3 is 2.89 bits per heavy atom. The summed E-state index contributed by atoms with van der Waals surface area (Å²) >= 11 is 1.58. The smallest absolute Gasteiger partial charge is 0.417 e. The monoisotopic (exact) mass is 149 g/mol. The van der Waals surface area contributed by atoms with Gasteiger partial charge in [0.15, 0.2) is 0 Å². The SMILES string of the molecule is CSCOCCO[C]=O. The van der Waals surface area contributed by atoms with Gasteiger partial charge in [-0.25, -0.2) is 4.79 Å². The van der Waals surface area contributed by atoms with E-state index in [9.17, 15) is 4.79 Å². The molecule has 0 saturated heterocycles. The number of hydrogen-bond acceptors (Lipinski definition) is 4. The molecular weight excluding hydrogens is 140 g/mol. The van der Waals surface area contributed by atoms with Gasteiger partial charge in [0.25, 0.3) is 0 Å². The lowest BCUT2D eigenvalue weighted by Crippen LogP contribution is -2.01. The van der Waals surface area contributed by atoms with Gasteiger partial charge in [-0.3, -0.25) is 0 Å². The Bertz CT molecular complexity index is 67.2. The van der Waals surface area contributed by atoms with Gasteiger partial charge >= 0.3 is 6.47 Å². The molecule has 0 atom stereocenters. The zero-order chi connectivity index (χ0) is 6.95. The molecule has 53 valence electrons. The van der Waals surface area contributed by atoms with E-state index >= 15 is 0 Å². The van der Waals surface area contributed by atoms with Gasteiger partial charge < -0.3 is 9.47 Å². The Hall–Kier alpha value is -0.220. The third-order valence-electron chi connectivity index (χ3n) is 0.590. The van der Waals surface area contributed by atoms with Crippen LogP contribution in [0.2, 0.25) is 0 Å². The van der Waals surface area contributed by atoms with Crippen LogP contribution in [0.25, 0.3) is 0 Å². The second-order valence-electron chi connectivity index (χ2n) is 1.25. The molecule has 0 fully saturated rings. The van der Waals surface area contributed by atoms with Crippen LogP contribution in [-0.4, -0.2) is 31.9 Å². The van der Waals surface area contributed by atoms with Crippen LogP contribution in [0.1, 0.15) is 0 Å². The standard InChI is InChI=1S/C5H9O3S/c1-9-5-8-3-2-7-4-6/h2-3,5H2,1H3. The van der Waals surface area contributed by atoms with Crippen molar-refractivity contribution in [2.45, 2.75) is 0 Å². The molecule has 0 aromatic carbocycles. The topological polar surface area (TPSA) is 35.5 Å². The van der Waals surface area contributed by atoms with E-state index in [0.29, 0.717) is 19.2 Å². The van der Waals surface area contributed by atoms with Crippen molar-refractivity contribution in [1.82, 2.24) is 0 Å². The second-order valence-corrected chi connectivity index (χ2v) is 2.06. The van der Waals surface area contributed by atoms with Crippen LogP contribution in [0.4, 0.5) is 0 Å². The highest BCUT2D eigenvalue weighted by atomic mass is 32.2. The summed E-state index contributed by atoms with van der Waals surface area (Å²) in [5.74, 6) is 0.641. The number of carbonyl (C=O) groups excluding carboxylic acids is 1. The summed E-state index contributed by atoms with van der Waals surface area (Å²) in [6, 6.07) is 0. The molecule has 0 saturated carbocycles. The van der Waals surface area contributed by atoms with Gasteiger partial charge in [-0.2, -0.15) is 0 Å². The van der Waals surface area contributed by atoms with E-state index in [1.165, 1.54) is 6.47 Å². The lowest BCUT2D eigenvalue weighted by atomic mass is 10.8. The molecule has 0 unspecified atom stereocenters. The van der Waals surface area contributed by atoms with Crippen molar-refractivity contribution in [3.8, 4) is 0 Å². The van der Waals surface area contributed by atoms with Gasteiger partial charge in [0, 0.05) is 0 Å². The van der Waals surface area contributed by atoms with Crippen molar-refractivity contribution in [3.63, 3.8) is 0 Å². The molecule has 0 rings (SSSR count). The number of hydrogen-bond donors (Lipinski definition) is 0. The van der Waals surface area contributed by atoms with Crippen LogP contribution in [-0.2, 0) is 14.3 Å². The fourth-order valence-corrected chi connectivity index (χ4v) is 0.569. The Labute approximate surface area is 58.7 Å². The minimum Gasteiger partial charge on any atom is -0.455 e. The van der Waals surface area contributed by atoms with Crippen LogP contribution in [0.3, 0.4) is 0 Å². The highest BCUT2D eigenvalue weighted by Crippen LogP contribution is 1.90. The van der Waals surface area contributed by atoms with Crippen molar-refractivity contribution in [2.75, 3.05) is 25.4 Å². The van der Waals surface area contributed by atoms with Crippen molar-refractivity contribution in [1.29, 1.82) is 0 Å². The molecule has 0 spiro atoms. The lowest BCUT2D eigenvalue weighted by Gasteiger charge is -1.98. The maximum atomic E-state index is 9.43. The molecule has 3 nitrogen and oxygen atoms in total. The predicted octanol–water partition coefficient (Wildman–Crippen LogP) is 0.407. The molecule has 0 aromatic rings. The van der Waals surface area contributed by atoms with Crippen LogP contribution in [0.15, 0.2) is 0 Å². The average molecular weight is 149 g/mol. The molecule has 0 aliphatic heterocycles. The van der Waals surface area contributed by atoms with E-state index < -0.39 is 0 Å². The van der Waals surface area contributed by atoms with Gasteiger partial charge in [0.2, 0.25) is 0 Å². The first-order valence-corrected chi connectivity index (χ1v) is 3.87. The third kappa shape index (κ3) is 7.78. The van der Waals surface area contributed by atoms with Gasteiger partial charge in [-0.15, -0.1) is 11.8 Å². The molecule has 0 aliphatic carbocycles. The third-order valence-corrected chi connectivity index (χ3v) is 0.992. The van der Waals surface area contributed by atoms with E-state index in [1.54, 1.807) is 11.8 Å². The van der Waals surface area contributed by atoms with Crippen LogP contribution < -0.4 is 0 Å². The van der Waals surface area contributed by atoms with Gasteiger partial charge in [0.05, 0.1) is 12.5 Å². The average Bonchev–Trinajstić information content (AvgIpc) is 1.89. The van der Waals surface area contributed by atoms with Crippen molar-refractivity contribution >= 4 is 18.2 Å². The Morgan fingerprint density at radius 2 is 2.33 bits per heavy atom. The summed E-state index contributed by atoms with van der Waals surface area (Å²) in [5, 5.41) is 0. The molecule has 1 radical (unpaired) electrons. The second kappa shape index (κ2) is 7.78. The van der Waals surface area contributed by atoms with Crippen molar-refractivity contribution in [2.24, 2.45) is 0 Å². The summed E-state index contributed by atoms with van der Waals surface area (Å²) in [7, 11) is 0. The number of rotatable bonds is 6. The molecule has 0 heterocycles. The van der Waals surface area contributed by atoms with Crippen LogP contribution in [0.5, 0.6) is 0 Å². The zero-order valence-electron chi connectivity index (χ0n) is 5.25. The molecule has 4 heteroatoms. The Balaban J connectivity index is 2.66. The van der Waals surface area contributed by atoms with Crippen LogP contribution >= 0.6 is 11.8 Å². The molecule has 0 N–H and O–H groups in total. The molecule has 0 aromatic heterocycles. The first-order chi connectivity index (χ1) is 4.41. The minimum absolute atomic E-state index is 0.296. The maximum absolute atomic E-state index is 9.43. The molecule has 0 amide bonds. The van der Waals surface area contributed by atoms with Crippen molar-refractivity contribution in [3.05, 3.63) is 0 Å². The van der Waals surface area contributed by atoms with E-state index in [4.69, 9.17) is 4.74 Å². The number of thioether (sulfide) groups is 1. The summed E-state index contributed by atoms with van der Waals surface area (Å²) in [6.07, 6.45) is 1.94. The minimum atomic E-state index is 0.296. The number of ether oxygens (including phenoxy) is 2. The maximum Gasteiger partial charge on any atom is 0.417 e. The first-order valence-electron chi connectivity index (χ1n) is 2.47. The fraction of sp³-hybridized carbons (Fsp3) is 0.800. The summed E-state index contributed by atoms with van der Waals surface area (Å²) in [6.45, 7) is 2.06. The fourth-order valence-electron chi connectivity index (χ4n) is 0.285. The quantitative estimate of drug-likeness (QED) is 0.404. The predicted molar refractivity (Wildman–Crippen MR) is 36.0 cm³/mol. The van der Waals surface area contributed by atoms with E-state index in [0.717, 1.165) is 0 Å². The Kier molecular flexibility index (Phi) is 7.59. The first kappa shape index (κ1) is 8.78. The van der Waals surface area contributed by atoms with Crippen LogP contribution in [0, 0.1) is 0 Å². The lowest BCUT2D eigenvalue weighted by molar-refractivity contribution is 0.128. The largest absolute Gasteiger partial charge is 0.455 e. The van der Waals surface area contributed by atoms with Gasteiger partial charge in [-0.1, -0.05) is 0 Å².